The Hall–Kier alpha value is -2.37. The van der Waals surface area contributed by atoms with Gasteiger partial charge < -0.3 is 5.11 Å². The van der Waals surface area contributed by atoms with Crippen LogP contribution in [0.2, 0.25) is 0 Å². The maximum Gasteiger partial charge on any atom is 0.139 e. The van der Waals surface area contributed by atoms with E-state index in [9.17, 15) is 5.11 Å². The second-order valence-electron chi connectivity index (χ2n) is 6.80. The third-order valence-electron chi connectivity index (χ3n) is 5.22. The second kappa shape index (κ2) is 7.48. The molecule has 0 atom stereocenters. The molecule has 3 aromatic rings. The fourth-order valence-electron chi connectivity index (χ4n) is 4.05. The summed E-state index contributed by atoms with van der Waals surface area (Å²) in [5.74, 6) is 0.325. The van der Waals surface area contributed by atoms with Crippen LogP contribution in [0.4, 0.5) is 0 Å². The van der Waals surface area contributed by atoms with Gasteiger partial charge in [-0.1, -0.05) is 36.4 Å². The molecule has 26 heavy (non-hydrogen) atoms. The van der Waals surface area contributed by atoms with E-state index in [1.165, 1.54) is 28.8 Å². The van der Waals surface area contributed by atoms with Gasteiger partial charge in [0.15, 0.2) is 0 Å². The Morgan fingerprint density at radius 2 is 1.15 bits per heavy atom. The number of rotatable bonds is 4. The van der Waals surface area contributed by atoms with Gasteiger partial charge in [-0.05, 0) is 73.9 Å². The SMILES string of the molecule is Oc1ccc([P+](C2=CCCCC2)(c2ccccc2)c2ccccc2)cc1. The lowest BCUT2D eigenvalue weighted by atomic mass is 10.1. The number of phenolic OH excluding ortho intramolecular Hbond substituents is 1. The number of benzene rings is 3. The van der Waals surface area contributed by atoms with Gasteiger partial charge in [-0.2, -0.15) is 0 Å². The van der Waals surface area contributed by atoms with Crippen molar-refractivity contribution < 1.29 is 5.11 Å². The summed E-state index contributed by atoms with van der Waals surface area (Å²) in [4.78, 5) is 0. The number of allylic oxidation sites excluding steroid dienone is 2. The van der Waals surface area contributed by atoms with Crippen LogP contribution in [0, 0.1) is 0 Å². The highest BCUT2D eigenvalue weighted by atomic mass is 31.2. The molecule has 1 nitrogen and oxygen atoms in total. The van der Waals surface area contributed by atoms with Gasteiger partial charge in [0, 0.05) is 6.42 Å². The Kier molecular flexibility index (Phi) is 4.91. The first-order chi connectivity index (χ1) is 12.8. The zero-order chi connectivity index (χ0) is 17.8. The van der Waals surface area contributed by atoms with Crippen LogP contribution >= 0.6 is 7.26 Å². The van der Waals surface area contributed by atoms with Gasteiger partial charge in [0.25, 0.3) is 0 Å². The molecule has 0 spiro atoms. The fraction of sp³-hybridized carbons (Fsp3) is 0.167. The molecule has 0 radical (unpaired) electrons. The third kappa shape index (κ3) is 2.97. The lowest BCUT2D eigenvalue weighted by Gasteiger charge is -2.31. The summed E-state index contributed by atoms with van der Waals surface area (Å²) >= 11 is 0. The number of aromatic hydroxyl groups is 1. The van der Waals surface area contributed by atoms with Crippen molar-refractivity contribution in [2.45, 2.75) is 25.7 Å². The van der Waals surface area contributed by atoms with Crippen LogP contribution in [0.1, 0.15) is 25.7 Å². The third-order valence-corrected chi connectivity index (χ3v) is 9.71. The molecular weight excluding hydrogens is 335 g/mol. The molecule has 0 saturated carbocycles. The summed E-state index contributed by atoms with van der Waals surface area (Å²) in [7, 11) is -1.90. The molecule has 0 aliphatic heterocycles. The van der Waals surface area contributed by atoms with Gasteiger partial charge in [0.05, 0.1) is 5.31 Å². The predicted molar refractivity (Wildman–Crippen MR) is 113 cm³/mol. The number of hydrogen-bond donors (Lipinski definition) is 1. The maximum absolute atomic E-state index is 9.87. The Balaban J connectivity index is 2.06. The highest BCUT2D eigenvalue weighted by Gasteiger charge is 2.49. The minimum absolute atomic E-state index is 0.325. The van der Waals surface area contributed by atoms with Crippen LogP contribution in [-0.4, -0.2) is 5.11 Å². The van der Waals surface area contributed by atoms with Gasteiger partial charge in [-0.25, -0.2) is 0 Å². The first-order valence-corrected chi connectivity index (χ1v) is 11.1. The molecule has 0 heterocycles. The van der Waals surface area contributed by atoms with Crippen LogP contribution < -0.4 is 15.9 Å². The smallest absolute Gasteiger partial charge is 0.139 e. The highest BCUT2D eigenvalue weighted by molar-refractivity contribution is 7.99. The maximum atomic E-state index is 9.87. The van der Waals surface area contributed by atoms with E-state index in [1.54, 1.807) is 5.31 Å². The molecule has 0 amide bonds. The van der Waals surface area contributed by atoms with Crippen LogP contribution in [0.25, 0.3) is 0 Å². The molecule has 1 aliphatic carbocycles. The molecule has 0 aromatic heterocycles. The molecular formula is C24H24OP+. The fourth-order valence-corrected chi connectivity index (χ4v) is 8.67. The molecule has 130 valence electrons. The highest BCUT2D eigenvalue weighted by Crippen LogP contribution is 2.64. The van der Waals surface area contributed by atoms with E-state index in [0.717, 1.165) is 12.8 Å². The summed E-state index contributed by atoms with van der Waals surface area (Å²) in [6, 6.07) is 29.8. The van der Waals surface area contributed by atoms with Crippen molar-refractivity contribution in [2.75, 3.05) is 0 Å². The van der Waals surface area contributed by atoms with Crippen molar-refractivity contribution in [3.63, 3.8) is 0 Å². The zero-order valence-corrected chi connectivity index (χ0v) is 15.8. The molecule has 1 N–H and O–H groups in total. The van der Waals surface area contributed by atoms with E-state index in [2.05, 4.69) is 78.9 Å². The van der Waals surface area contributed by atoms with Gasteiger partial charge in [0.2, 0.25) is 0 Å². The van der Waals surface area contributed by atoms with Gasteiger partial charge in [-0.3, -0.25) is 0 Å². The van der Waals surface area contributed by atoms with Gasteiger partial charge in [0.1, 0.15) is 28.9 Å². The van der Waals surface area contributed by atoms with E-state index in [4.69, 9.17) is 0 Å². The van der Waals surface area contributed by atoms with Crippen molar-refractivity contribution in [2.24, 2.45) is 0 Å². The van der Waals surface area contributed by atoms with Crippen LogP contribution in [0.15, 0.2) is 96.3 Å². The molecule has 0 fully saturated rings. The van der Waals surface area contributed by atoms with E-state index < -0.39 is 7.26 Å². The molecule has 2 heteroatoms. The molecule has 0 bridgehead atoms. The Morgan fingerprint density at radius 1 is 0.615 bits per heavy atom. The monoisotopic (exact) mass is 359 g/mol. The van der Waals surface area contributed by atoms with Gasteiger partial charge >= 0.3 is 0 Å². The van der Waals surface area contributed by atoms with E-state index in [0.29, 0.717) is 5.75 Å². The van der Waals surface area contributed by atoms with Crippen molar-refractivity contribution in [1.82, 2.24) is 0 Å². The molecule has 3 aromatic carbocycles. The summed E-state index contributed by atoms with van der Waals surface area (Å²) in [6.07, 6.45) is 7.34. The minimum atomic E-state index is -1.90. The first-order valence-electron chi connectivity index (χ1n) is 9.31. The molecule has 0 saturated heterocycles. The molecule has 0 unspecified atom stereocenters. The van der Waals surface area contributed by atoms with Gasteiger partial charge in [-0.15, -0.1) is 0 Å². The van der Waals surface area contributed by atoms with Crippen LogP contribution in [-0.2, 0) is 0 Å². The van der Waals surface area contributed by atoms with Crippen LogP contribution in [0.5, 0.6) is 5.75 Å². The van der Waals surface area contributed by atoms with Crippen molar-refractivity contribution in [3.05, 3.63) is 96.3 Å². The van der Waals surface area contributed by atoms with E-state index in [-0.39, 0.29) is 0 Å². The quantitative estimate of drug-likeness (QED) is 0.639. The molecule has 4 rings (SSSR count). The Bertz CT molecular complexity index is 843. The minimum Gasteiger partial charge on any atom is -0.508 e. The second-order valence-corrected chi connectivity index (χ2v) is 10.3. The Morgan fingerprint density at radius 3 is 1.65 bits per heavy atom. The Labute approximate surface area is 156 Å². The van der Waals surface area contributed by atoms with Crippen molar-refractivity contribution in [3.8, 4) is 5.75 Å². The number of hydrogen-bond acceptors (Lipinski definition) is 1. The average molecular weight is 359 g/mol. The average Bonchev–Trinajstić information content (AvgIpc) is 2.72. The lowest BCUT2D eigenvalue weighted by Crippen LogP contribution is -2.32. The van der Waals surface area contributed by atoms with Crippen molar-refractivity contribution >= 4 is 23.2 Å². The summed E-state index contributed by atoms with van der Waals surface area (Å²) < 4.78 is 0. The lowest BCUT2D eigenvalue weighted by molar-refractivity contribution is 0.475. The van der Waals surface area contributed by atoms with Crippen LogP contribution in [0.3, 0.4) is 0 Å². The summed E-state index contributed by atoms with van der Waals surface area (Å²) in [6.45, 7) is 0. The molecule has 1 aliphatic rings. The normalized spacial score (nSPS) is 14.7. The van der Waals surface area contributed by atoms with E-state index >= 15 is 0 Å². The number of phenols is 1. The topological polar surface area (TPSA) is 20.2 Å². The van der Waals surface area contributed by atoms with E-state index in [1.807, 2.05) is 12.1 Å². The predicted octanol–water partition coefficient (Wildman–Crippen LogP) is 5.14. The van der Waals surface area contributed by atoms with Crippen molar-refractivity contribution in [1.29, 1.82) is 0 Å². The standard InChI is InChI=1S/C24H23OP/c25-20-16-18-24(19-17-20)26(21-10-4-1-5-11-21,22-12-6-2-7-13-22)23-14-8-3-9-15-23/h1-2,4-7,10-14,16-19H,3,8-9,15H2/p+1. The summed E-state index contributed by atoms with van der Waals surface area (Å²) in [5, 5.41) is 15.6. The summed E-state index contributed by atoms with van der Waals surface area (Å²) in [5.41, 5.74) is 0. The largest absolute Gasteiger partial charge is 0.508 e. The first kappa shape index (κ1) is 17.1. The zero-order valence-electron chi connectivity index (χ0n) is 14.9.